The fraction of sp³-hybridized carbons (Fsp3) is 0.213. The molecule has 3 N–H and O–H groups in total. The molecule has 1 unspecified atom stereocenters. The Kier molecular flexibility index (Phi) is 12.9. The largest absolute Gasteiger partial charge is 0.489 e. The van der Waals surface area contributed by atoms with Crippen molar-refractivity contribution < 1.29 is 37.0 Å². The topological polar surface area (TPSA) is 194 Å². The molecule has 332 valence electrons. The number of hydrogen-bond acceptors (Lipinski definition) is 12. The molecule has 3 heterocycles. The number of nitrogens with one attached hydrogen (secondary N) is 1. The van der Waals surface area contributed by atoms with Crippen LogP contribution in [0.2, 0.25) is 10.0 Å². The van der Waals surface area contributed by atoms with E-state index in [-0.39, 0.29) is 46.9 Å². The van der Waals surface area contributed by atoms with Gasteiger partial charge in [-0.15, -0.1) is 0 Å². The number of anilines is 2. The number of methoxy groups -OCH3 is 1. The van der Waals surface area contributed by atoms with Gasteiger partial charge >= 0.3 is 5.97 Å². The van der Waals surface area contributed by atoms with Crippen molar-refractivity contribution in [2.24, 2.45) is 0 Å². The Labute approximate surface area is 389 Å². The van der Waals surface area contributed by atoms with Crippen molar-refractivity contribution in [3.05, 3.63) is 152 Å². The number of nitrogen functional groups attached to an aromatic ring is 1. The lowest BCUT2D eigenvalue weighted by molar-refractivity contribution is -0.145. The number of hydrogen-bond donors (Lipinski definition) is 2. The first kappa shape index (κ1) is 45.1. The predicted octanol–water partition coefficient (Wildman–Crippen LogP) is 7.57. The van der Waals surface area contributed by atoms with Gasteiger partial charge in [0.25, 0.3) is 15.9 Å². The first-order chi connectivity index (χ1) is 31.1. The fourth-order valence-electron chi connectivity index (χ4n) is 7.79. The van der Waals surface area contributed by atoms with Crippen molar-refractivity contribution in [2.75, 3.05) is 24.8 Å². The molecule has 5 aromatic carbocycles. The van der Waals surface area contributed by atoms with Gasteiger partial charge in [0, 0.05) is 25.6 Å². The van der Waals surface area contributed by atoms with Crippen LogP contribution in [-0.4, -0.2) is 61.7 Å². The van der Waals surface area contributed by atoms with Crippen molar-refractivity contribution in [1.82, 2.24) is 14.6 Å². The molecular formula is C47H40Cl2N6O8S2. The van der Waals surface area contributed by atoms with Gasteiger partial charge in [0.05, 0.1) is 40.2 Å². The van der Waals surface area contributed by atoms with E-state index in [0.717, 1.165) is 32.3 Å². The van der Waals surface area contributed by atoms with Crippen LogP contribution in [0.1, 0.15) is 45.2 Å². The van der Waals surface area contributed by atoms with E-state index in [0.29, 0.717) is 55.0 Å². The van der Waals surface area contributed by atoms with Crippen molar-refractivity contribution in [3.63, 3.8) is 0 Å². The highest BCUT2D eigenvalue weighted by atomic mass is 35.5. The number of ether oxygens (including phenoxy) is 3. The molecular weight excluding hydrogens is 912 g/mol. The number of aryl methyl sites for hydroxylation is 1. The summed E-state index contributed by atoms with van der Waals surface area (Å²) in [6.45, 7) is 1.51. The summed E-state index contributed by atoms with van der Waals surface area (Å²) in [6.07, 6.45) is -1.09. The van der Waals surface area contributed by atoms with Crippen LogP contribution in [-0.2, 0) is 55.1 Å². The van der Waals surface area contributed by atoms with Gasteiger partial charge < -0.3 is 30.2 Å². The highest BCUT2D eigenvalue weighted by Crippen LogP contribution is 2.43. The van der Waals surface area contributed by atoms with E-state index in [2.05, 4.69) is 16.4 Å². The standard InChI is InChI=1S/C47H40Cl2N6O8S2/c1-26-46(64-47(51)52-26)65(59,60)55-24-34-22-41-39(54(2)44(57)42(63-41)32-13-15-35(16-14-32)62-25-29-8-17-36(48)37(49)18-29)20-33(34)21-40(55)43(56)53-38(45(58)61-3)19-27-4-9-30(10-5-27)31-11-6-28(23-50)7-12-31/h4-18,20,22,38,40,42H,19,21,24-25H2,1-3H3,(H2,51,52)(H,53,56)/t38-,40?,42-/m0/s1. The molecule has 6 aromatic rings. The summed E-state index contributed by atoms with van der Waals surface area (Å²) in [6, 6.07) is 29.7. The molecule has 0 saturated heterocycles. The second-order valence-corrected chi connectivity index (χ2v) is 19.4. The Balaban J connectivity index is 1.05. The number of thiazole rings is 1. The Morgan fingerprint density at radius 1 is 0.969 bits per heavy atom. The molecule has 14 nitrogen and oxygen atoms in total. The van der Waals surface area contributed by atoms with Gasteiger partial charge in [0.1, 0.15) is 30.2 Å². The number of carbonyl (C=O) groups excluding carboxylic acids is 3. The van der Waals surface area contributed by atoms with Crippen LogP contribution in [0.25, 0.3) is 11.1 Å². The SMILES string of the molecule is COC(=O)[C@H](Cc1ccc(-c2ccc(C#N)cc2)cc1)NC(=O)C1Cc2cc3c(cc2CN1S(=O)(=O)c1sc(N)nc1C)O[C@@H](c1ccc(OCc2ccc(Cl)c(Cl)c2)cc1)C(=O)N3C. The van der Waals surface area contributed by atoms with Gasteiger partial charge in [0.15, 0.2) is 9.34 Å². The number of benzene rings is 5. The second kappa shape index (κ2) is 18.6. The third kappa shape index (κ3) is 9.38. The van der Waals surface area contributed by atoms with E-state index in [4.69, 9.17) is 48.4 Å². The molecule has 3 atom stereocenters. The van der Waals surface area contributed by atoms with Crippen LogP contribution in [0.15, 0.2) is 107 Å². The normalized spacial score (nSPS) is 16.4. The number of fused-ring (bicyclic) bond motifs is 2. The first-order valence-electron chi connectivity index (χ1n) is 20.1. The molecule has 1 aromatic heterocycles. The Hall–Kier alpha value is -6.48. The number of likely N-dealkylation sites (N-methyl/N-ethyl adjacent to an activating group) is 1. The van der Waals surface area contributed by atoms with Gasteiger partial charge in [0.2, 0.25) is 12.0 Å². The number of nitrogens with two attached hydrogens (primary N) is 1. The van der Waals surface area contributed by atoms with Crippen molar-refractivity contribution in [1.29, 1.82) is 5.26 Å². The molecule has 18 heteroatoms. The maximum absolute atomic E-state index is 14.5. The summed E-state index contributed by atoms with van der Waals surface area (Å²) in [7, 11) is -1.58. The van der Waals surface area contributed by atoms with Crippen molar-refractivity contribution in [3.8, 4) is 28.7 Å². The number of carbonyl (C=O) groups is 3. The Morgan fingerprint density at radius 2 is 1.65 bits per heavy atom. The number of nitrogens with zero attached hydrogens (tertiary/aromatic N) is 4. The van der Waals surface area contributed by atoms with E-state index < -0.39 is 40.1 Å². The molecule has 0 spiro atoms. The molecule has 65 heavy (non-hydrogen) atoms. The lowest BCUT2D eigenvalue weighted by atomic mass is 9.93. The molecule has 2 aliphatic rings. The lowest BCUT2D eigenvalue weighted by Gasteiger charge is -2.38. The minimum absolute atomic E-state index is 0.0417. The average molecular weight is 952 g/mol. The summed E-state index contributed by atoms with van der Waals surface area (Å²) in [5.74, 6) is -0.915. The lowest BCUT2D eigenvalue weighted by Crippen LogP contribution is -2.56. The Morgan fingerprint density at radius 3 is 2.28 bits per heavy atom. The third-order valence-electron chi connectivity index (χ3n) is 11.3. The second-order valence-electron chi connectivity index (χ2n) is 15.5. The van der Waals surface area contributed by atoms with E-state index in [1.165, 1.54) is 18.9 Å². The van der Waals surface area contributed by atoms with Crippen LogP contribution in [0, 0.1) is 18.3 Å². The number of rotatable bonds is 12. The smallest absolute Gasteiger partial charge is 0.328 e. The minimum Gasteiger partial charge on any atom is -0.489 e. The summed E-state index contributed by atoms with van der Waals surface area (Å²) in [4.78, 5) is 47.2. The van der Waals surface area contributed by atoms with Gasteiger partial charge in [-0.3, -0.25) is 9.59 Å². The molecule has 2 aliphatic heterocycles. The van der Waals surface area contributed by atoms with Gasteiger partial charge in [-0.05, 0) is 95.3 Å². The maximum atomic E-state index is 14.5. The van der Waals surface area contributed by atoms with Crippen LogP contribution >= 0.6 is 34.5 Å². The van der Waals surface area contributed by atoms with Crippen molar-refractivity contribution in [2.45, 2.75) is 55.3 Å². The molecule has 2 amide bonds. The highest BCUT2D eigenvalue weighted by Gasteiger charge is 2.44. The Bertz CT molecular complexity index is 2980. The highest BCUT2D eigenvalue weighted by molar-refractivity contribution is 7.91. The van der Waals surface area contributed by atoms with E-state index in [1.54, 1.807) is 67.7 Å². The number of aromatic nitrogens is 1. The van der Waals surface area contributed by atoms with Crippen molar-refractivity contribution >= 4 is 73.2 Å². The van der Waals surface area contributed by atoms with Crippen LogP contribution < -0.4 is 25.4 Å². The van der Waals surface area contributed by atoms with E-state index >= 15 is 0 Å². The van der Waals surface area contributed by atoms with Crippen LogP contribution in [0.3, 0.4) is 0 Å². The van der Waals surface area contributed by atoms with Gasteiger partial charge in [-0.2, -0.15) is 9.57 Å². The van der Waals surface area contributed by atoms with Gasteiger partial charge in [-0.1, -0.05) is 89.1 Å². The molecule has 0 radical (unpaired) electrons. The number of nitriles is 1. The van der Waals surface area contributed by atoms with Gasteiger partial charge in [-0.25, -0.2) is 18.2 Å². The van der Waals surface area contributed by atoms with Crippen LogP contribution in [0.4, 0.5) is 10.8 Å². The summed E-state index contributed by atoms with van der Waals surface area (Å²) in [5, 5.41) is 12.8. The maximum Gasteiger partial charge on any atom is 0.328 e. The molecule has 0 aliphatic carbocycles. The molecule has 8 rings (SSSR count). The molecule has 0 saturated carbocycles. The van der Waals surface area contributed by atoms with E-state index in [9.17, 15) is 22.8 Å². The summed E-state index contributed by atoms with van der Waals surface area (Å²) < 4.78 is 47.4. The zero-order valence-corrected chi connectivity index (χ0v) is 38.2. The minimum atomic E-state index is -4.41. The number of amides is 2. The molecule has 0 bridgehead atoms. The zero-order valence-electron chi connectivity index (χ0n) is 35.1. The summed E-state index contributed by atoms with van der Waals surface area (Å²) >= 11 is 13.0. The first-order valence-corrected chi connectivity index (χ1v) is 23.1. The van der Waals surface area contributed by atoms with Crippen LogP contribution in [0.5, 0.6) is 11.5 Å². The average Bonchev–Trinajstić information content (AvgIpc) is 3.67. The number of esters is 1. The molecule has 0 fully saturated rings. The third-order valence-corrected chi connectivity index (χ3v) is 15.4. The van der Waals surface area contributed by atoms with E-state index in [1.807, 2.05) is 42.5 Å². The monoisotopic (exact) mass is 950 g/mol. The predicted molar refractivity (Wildman–Crippen MR) is 246 cm³/mol. The summed E-state index contributed by atoms with van der Waals surface area (Å²) in [5.41, 5.74) is 12.1. The quantitative estimate of drug-likeness (QED) is 0.115. The number of halogens is 2. The fourth-order valence-corrected chi connectivity index (χ4v) is 11.1. The number of sulfonamides is 1. The zero-order chi connectivity index (χ0) is 46.2.